The molecule has 0 spiro atoms. The molecule has 0 N–H and O–H groups in total. The summed E-state index contributed by atoms with van der Waals surface area (Å²) in [6, 6.07) is 14.5. The fourth-order valence-electron chi connectivity index (χ4n) is 3.18. The van der Waals surface area contributed by atoms with Crippen LogP contribution in [-0.2, 0) is 6.61 Å². The van der Waals surface area contributed by atoms with Gasteiger partial charge in [-0.05, 0) is 48.5 Å². The summed E-state index contributed by atoms with van der Waals surface area (Å²) in [7, 11) is 3.10. The first-order valence-electron chi connectivity index (χ1n) is 9.36. The van der Waals surface area contributed by atoms with Crippen molar-refractivity contribution in [2.75, 3.05) is 14.2 Å². The van der Waals surface area contributed by atoms with E-state index in [1.807, 2.05) is 0 Å². The third-order valence-corrected chi connectivity index (χ3v) is 5.16. The van der Waals surface area contributed by atoms with Gasteiger partial charge in [-0.15, -0.1) is 0 Å². The van der Waals surface area contributed by atoms with Gasteiger partial charge in [0.15, 0.2) is 5.76 Å². The van der Waals surface area contributed by atoms with E-state index in [0.717, 1.165) is 0 Å². The quantitative estimate of drug-likeness (QED) is 0.461. The van der Waals surface area contributed by atoms with Crippen molar-refractivity contribution >= 4 is 23.5 Å². The van der Waals surface area contributed by atoms with Crippen molar-refractivity contribution in [2.24, 2.45) is 0 Å². The van der Waals surface area contributed by atoms with Crippen LogP contribution >= 0.6 is 11.6 Å². The summed E-state index contributed by atoms with van der Waals surface area (Å²) in [6.45, 7) is -0.0536. The highest BCUT2D eigenvalue weighted by Crippen LogP contribution is 2.36. The number of allylic oxidation sites excluding steroid dienone is 1. The predicted octanol–water partition coefficient (Wildman–Crippen LogP) is 5.69. The number of carbonyl (C=O) groups excluding carboxylic acids is 1. The van der Waals surface area contributed by atoms with Crippen molar-refractivity contribution in [3.05, 3.63) is 87.9 Å². The first-order chi connectivity index (χ1) is 15.0. The number of Topliss-reactive ketones (excluding diaryl/α,β-unsaturated/α-hetero) is 1. The lowest BCUT2D eigenvalue weighted by Crippen LogP contribution is -2.00. The van der Waals surface area contributed by atoms with Gasteiger partial charge in [-0.1, -0.05) is 17.7 Å². The van der Waals surface area contributed by atoms with Crippen LogP contribution in [0.1, 0.15) is 21.5 Å². The normalized spacial score (nSPS) is 13.7. The predicted molar refractivity (Wildman–Crippen MR) is 115 cm³/mol. The second-order valence-electron chi connectivity index (χ2n) is 6.69. The molecule has 158 valence electrons. The van der Waals surface area contributed by atoms with Crippen LogP contribution < -0.4 is 18.9 Å². The average Bonchev–Trinajstić information content (AvgIpc) is 3.08. The molecule has 31 heavy (non-hydrogen) atoms. The topological polar surface area (TPSA) is 54.0 Å². The number of ether oxygens (including phenoxy) is 4. The number of fused-ring (bicyclic) bond motifs is 1. The molecular formula is C24H18ClFO5. The molecule has 0 atom stereocenters. The minimum Gasteiger partial charge on any atom is -0.497 e. The van der Waals surface area contributed by atoms with E-state index in [0.29, 0.717) is 34.1 Å². The molecule has 1 aliphatic heterocycles. The van der Waals surface area contributed by atoms with E-state index in [2.05, 4.69) is 0 Å². The van der Waals surface area contributed by atoms with Gasteiger partial charge in [0, 0.05) is 17.2 Å². The molecule has 4 rings (SSSR count). The minimum absolute atomic E-state index is 0.0536. The zero-order valence-corrected chi connectivity index (χ0v) is 17.5. The summed E-state index contributed by atoms with van der Waals surface area (Å²) in [4.78, 5) is 12.8. The van der Waals surface area contributed by atoms with E-state index in [1.54, 1.807) is 62.8 Å². The van der Waals surface area contributed by atoms with Crippen LogP contribution in [0.2, 0.25) is 5.02 Å². The van der Waals surface area contributed by atoms with E-state index in [1.165, 1.54) is 12.1 Å². The van der Waals surface area contributed by atoms with Crippen molar-refractivity contribution in [3.63, 3.8) is 0 Å². The van der Waals surface area contributed by atoms with Crippen molar-refractivity contribution in [1.82, 2.24) is 0 Å². The highest BCUT2D eigenvalue weighted by molar-refractivity contribution is 6.31. The number of hydrogen-bond donors (Lipinski definition) is 0. The van der Waals surface area contributed by atoms with Crippen molar-refractivity contribution in [3.8, 4) is 23.0 Å². The minimum atomic E-state index is -0.447. The number of halogens is 2. The molecule has 0 radical (unpaired) electrons. The van der Waals surface area contributed by atoms with Gasteiger partial charge >= 0.3 is 0 Å². The fourth-order valence-corrected chi connectivity index (χ4v) is 3.39. The summed E-state index contributed by atoms with van der Waals surface area (Å²) in [6.07, 6.45) is 1.60. The van der Waals surface area contributed by atoms with Gasteiger partial charge in [0.1, 0.15) is 35.4 Å². The van der Waals surface area contributed by atoms with Crippen LogP contribution in [-0.4, -0.2) is 20.0 Å². The molecule has 0 aromatic heterocycles. The Balaban J connectivity index is 1.57. The van der Waals surface area contributed by atoms with Gasteiger partial charge in [-0.2, -0.15) is 0 Å². The molecule has 0 bridgehead atoms. The lowest BCUT2D eigenvalue weighted by atomic mass is 10.1. The Labute approximate surface area is 183 Å². The van der Waals surface area contributed by atoms with Gasteiger partial charge in [-0.3, -0.25) is 4.79 Å². The molecule has 3 aromatic carbocycles. The Bertz CT molecular complexity index is 1170. The van der Waals surface area contributed by atoms with Crippen LogP contribution in [0.25, 0.3) is 6.08 Å². The molecule has 1 aliphatic rings. The first-order valence-corrected chi connectivity index (χ1v) is 9.74. The maximum atomic E-state index is 13.9. The molecule has 0 fully saturated rings. The fraction of sp³-hybridized carbons (Fsp3) is 0.125. The molecule has 0 unspecified atom stereocenters. The zero-order chi connectivity index (χ0) is 22.0. The van der Waals surface area contributed by atoms with Gasteiger partial charge in [0.05, 0.1) is 24.8 Å². The van der Waals surface area contributed by atoms with Crippen LogP contribution in [0.4, 0.5) is 4.39 Å². The summed E-state index contributed by atoms with van der Waals surface area (Å²) < 4.78 is 36.0. The monoisotopic (exact) mass is 440 g/mol. The van der Waals surface area contributed by atoms with E-state index in [4.69, 9.17) is 30.5 Å². The number of methoxy groups -OCH3 is 2. The zero-order valence-electron chi connectivity index (χ0n) is 16.8. The van der Waals surface area contributed by atoms with Crippen LogP contribution in [0.3, 0.4) is 0 Å². The van der Waals surface area contributed by atoms with Crippen LogP contribution in [0.5, 0.6) is 23.0 Å². The van der Waals surface area contributed by atoms with Gasteiger partial charge in [0.25, 0.3) is 0 Å². The third-order valence-electron chi connectivity index (χ3n) is 4.81. The number of benzene rings is 3. The Hall–Kier alpha value is -3.51. The van der Waals surface area contributed by atoms with E-state index >= 15 is 0 Å². The summed E-state index contributed by atoms with van der Waals surface area (Å²) in [5.41, 5.74) is 1.31. The van der Waals surface area contributed by atoms with Crippen molar-refractivity contribution in [1.29, 1.82) is 0 Å². The van der Waals surface area contributed by atoms with Gasteiger partial charge < -0.3 is 18.9 Å². The molecule has 1 heterocycles. The third kappa shape index (κ3) is 4.20. The molecule has 0 aliphatic carbocycles. The molecule has 0 saturated heterocycles. The molecule has 7 heteroatoms. The number of carbonyl (C=O) groups is 1. The summed E-state index contributed by atoms with van der Waals surface area (Å²) in [5.74, 6) is 1.42. The van der Waals surface area contributed by atoms with Crippen molar-refractivity contribution in [2.45, 2.75) is 6.61 Å². The molecule has 5 nitrogen and oxygen atoms in total. The van der Waals surface area contributed by atoms with Crippen LogP contribution in [0.15, 0.2) is 60.4 Å². The standard InChI is InChI=1S/C24H18ClFO5/c1-28-15-7-9-21(29-2)14(10-15)11-23-24(27)17-8-6-16(12-22(17)31-23)30-13-18-19(25)4-3-5-20(18)26/h3-12H,13H2,1-2H3. The second kappa shape index (κ2) is 8.70. The highest BCUT2D eigenvalue weighted by Gasteiger charge is 2.28. The SMILES string of the molecule is COc1ccc(OC)c(C=C2Oc3cc(OCc4c(F)cccc4Cl)ccc3C2=O)c1. The molecule has 3 aromatic rings. The highest BCUT2D eigenvalue weighted by atomic mass is 35.5. The lowest BCUT2D eigenvalue weighted by molar-refractivity contribution is 0.101. The maximum absolute atomic E-state index is 13.9. The van der Waals surface area contributed by atoms with Gasteiger partial charge in [-0.25, -0.2) is 4.39 Å². The summed E-state index contributed by atoms with van der Waals surface area (Å²) >= 11 is 6.04. The number of hydrogen-bond acceptors (Lipinski definition) is 5. The smallest absolute Gasteiger partial charge is 0.231 e. The number of rotatable bonds is 6. The Kier molecular flexibility index (Phi) is 5.82. The van der Waals surface area contributed by atoms with E-state index in [9.17, 15) is 9.18 Å². The second-order valence-corrected chi connectivity index (χ2v) is 7.10. The largest absolute Gasteiger partial charge is 0.497 e. The Morgan fingerprint density at radius 3 is 2.58 bits per heavy atom. The van der Waals surface area contributed by atoms with Crippen molar-refractivity contribution < 1.29 is 28.1 Å². The number of ketones is 1. The Morgan fingerprint density at radius 1 is 1.03 bits per heavy atom. The van der Waals surface area contributed by atoms with Gasteiger partial charge in [0.2, 0.25) is 5.78 Å². The maximum Gasteiger partial charge on any atom is 0.231 e. The summed E-state index contributed by atoms with van der Waals surface area (Å²) in [5, 5.41) is 0.282. The molecular weight excluding hydrogens is 423 g/mol. The molecule has 0 saturated carbocycles. The van der Waals surface area contributed by atoms with E-state index in [-0.39, 0.29) is 28.7 Å². The first kappa shape index (κ1) is 20.8. The average molecular weight is 441 g/mol. The van der Waals surface area contributed by atoms with Crippen LogP contribution in [0, 0.1) is 5.82 Å². The van der Waals surface area contributed by atoms with E-state index < -0.39 is 5.82 Å². The Morgan fingerprint density at radius 2 is 1.84 bits per heavy atom. The molecule has 0 amide bonds. The lowest BCUT2D eigenvalue weighted by Gasteiger charge is -2.09.